The van der Waals surface area contributed by atoms with E-state index in [1.807, 2.05) is 47.4 Å². The number of nitrogens with two attached hydrogens (primary N) is 1. The molecular weight excluding hydrogens is 370 g/mol. The quantitative estimate of drug-likeness (QED) is 0.569. The lowest BCUT2D eigenvalue weighted by Gasteiger charge is -2.23. The van der Waals surface area contributed by atoms with E-state index in [0.717, 1.165) is 21.8 Å². The van der Waals surface area contributed by atoms with Crippen molar-refractivity contribution >= 4 is 55.3 Å². The molecule has 0 aliphatic carbocycles. The van der Waals surface area contributed by atoms with Gasteiger partial charge >= 0.3 is 0 Å². The number of benzene rings is 1. The number of hydrogen-bond donors (Lipinski definition) is 1. The molecule has 8 heteroatoms. The molecule has 3 heterocycles. The molecule has 6 nitrogen and oxygen atoms in total. The van der Waals surface area contributed by atoms with Gasteiger partial charge in [0.1, 0.15) is 5.00 Å². The fourth-order valence-corrected chi connectivity index (χ4v) is 3.99. The summed E-state index contributed by atoms with van der Waals surface area (Å²) in [6.07, 6.45) is 5.08. The second kappa shape index (κ2) is 6.70. The Morgan fingerprint density at radius 1 is 1.12 bits per heavy atom. The van der Waals surface area contributed by atoms with E-state index >= 15 is 0 Å². The van der Waals surface area contributed by atoms with Gasteiger partial charge in [-0.1, -0.05) is 17.7 Å². The SMILES string of the molecule is NC(=O)c1nncc2cc(N(c3cccnc3)c3cccc(Cl)c3)sc12. The van der Waals surface area contributed by atoms with Gasteiger partial charge in [-0.15, -0.1) is 16.4 Å². The number of thiophene rings is 1. The fraction of sp³-hybridized carbons (Fsp3) is 0. The summed E-state index contributed by atoms with van der Waals surface area (Å²) in [6, 6.07) is 13.3. The Balaban J connectivity index is 1.94. The number of fused-ring (bicyclic) bond motifs is 1. The molecule has 3 aromatic heterocycles. The molecule has 1 amide bonds. The van der Waals surface area contributed by atoms with Crippen molar-refractivity contribution in [2.75, 3.05) is 4.90 Å². The maximum Gasteiger partial charge on any atom is 0.270 e. The molecular formula is C18H12ClN5OS. The Hall–Kier alpha value is -3.03. The number of pyridine rings is 1. The summed E-state index contributed by atoms with van der Waals surface area (Å²) in [5.74, 6) is -0.604. The van der Waals surface area contributed by atoms with Crippen molar-refractivity contribution in [1.29, 1.82) is 0 Å². The highest BCUT2D eigenvalue weighted by molar-refractivity contribution is 7.23. The van der Waals surface area contributed by atoms with Crippen molar-refractivity contribution < 1.29 is 4.79 Å². The van der Waals surface area contributed by atoms with E-state index < -0.39 is 5.91 Å². The van der Waals surface area contributed by atoms with Crippen LogP contribution in [-0.4, -0.2) is 21.1 Å². The molecule has 0 bridgehead atoms. The number of carbonyl (C=O) groups is 1. The van der Waals surface area contributed by atoms with Gasteiger partial charge in [0.25, 0.3) is 5.91 Å². The van der Waals surface area contributed by atoms with Crippen molar-refractivity contribution in [3.63, 3.8) is 0 Å². The predicted molar refractivity (Wildman–Crippen MR) is 103 cm³/mol. The van der Waals surface area contributed by atoms with Crippen LogP contribution in [0.1, 0.15) is 10.5 Å². The van der Waals surface area contributed by atoms with E-state index in [1.165, 1.54) is 11.3 Å². The summed E-state index contributed by atoms with van der Waals surface area (Å²) in [7, 11) is 0. The van der Waals surface area contributed by atoms with Crippen LogP contribution in [0.3, 0.4) is 0 Å². The van der Waals surface area contributed by atoms with Gasteiger partial charge in [0, 0.05) is 22.3 Å². The second-order valence-electron chi connectivity index (χ2n) is 5.45. The zero-order chi connectivity index (χ0) is 18.1. The Morgan fingerprint density at radius 3 is 2.69 bits per heavy atom. The summed E-state index contributed by atoms with van der Waals surface area (Å²) in [4.78, 5) is 17.9. The Morgan fingerprint density at radius 2 is 1.96 bits per heavy atom. The molecule has 0 atom stereocenters. The number of halogens is 1. The zero-order valence-corrected chi connectivity index (χ0v) is 14.9. The second-order valence-corrected chi connectivity index (χ2v) is 6.92. The summed E-state index contributed by atoms with van der Waals surface area (Å²) in [6.45, 7) is 0. The fourth-order valence-electron chi connectivity index (χ4n) is 2.64. The van der Waals surface area contributed by atoms with E-state index in [-0.39, 0.29) is 5.69 Å². The number of amides is 1. The van der Waals surface area contributed by atoms with Crippen molar-refractivity contribution in [2.24, 2.45) is 5.73 Å². The molecule has 0 fully saturated rings. The average molecular weight is 382 g/mol. The number of anilines is 3. The highest BCUT2D eigenvalue weighted by atomic mass is 35.5. The number of nitrogens with zero attached hydrogens (tertiary/aromatic N) is 4. The summed E-state index contributed by atoms with van der Waals surface area (Å²) >= 11 is 7.60. The van der Waals surface area contributed by atoms with E-state index in [1.54, 1.807) is 18.6 Å². The van der Waals surface area contributed by atoms with Gasteiger partial charge in [-0.3, -0.25) is 9.78 Å². The van der Waals surface area contributed by atoms with Crippen LogP contribution in [0.2, 0.25) is 5.02 Å². The van der Waals surface area contributed by atoms with E-state index in [9.17, 15) is 4.79 Å². The highest BCUT2D eigenvalue weighted by Gasteiger charge is 2.19. The first kappa shape index (κ1) is 16.4. The van der Waals surface area contributed by atoms with Crippen LogP contribution < -0.4 is 10.6 Å². The summed E-state index contributed by atoms with van der Waals surface area (Å²) in [5, 5.41) is 10.0. The standard InChI is InChI=1S/C18H12ClN5OS/c19-12-3-1-4-13(8-12)24(14-5-2-6-21-10-14)15-7-11-9-22-23-16(18(20)25)17(11)26-15/h1-10H,(H2,20,25). The van der Waals surface area contributed by atoms with E-state index in [4.69, 9.17) is 17.3 Å². The summed E-state index contributed by atoms with van der Waals surface area (Å²) < 4.78 is 0.693. The smallest absolute Gasteiger partial charge is 0.270 e. The molecule has 1 aromatic carbocycles. The van der Waals surface area contributed by atoms with Crippen LogP contribution in [0.4, 0.5) is 16.4 Å². The number of aromatic nitrogens is 3. The lowest BCUT2D eigenvalue weighted by Crippen LogP contribution is -2.13. The average Bonchev–Trinajstić information content (AvgIpc) is 3.06. The number of hydrogen-bond acceptors (Lipinski definition) is 6. The molecule has 0 saturated heterocycles. The first-order valence-corrected chi connectivity index (χ1v) is 8.83. The maximum atomic E-state index is 11.7. The maximum absolute atomic E-state index is 11.7. The molecule has 0 radical (unpaired) electrons. The van der Waals surface area contributed by atoms with E-state index in [2.05, 4.69) is 15.2 Å². The Kier molecular flexibility index (Phi) is 4.24. The number of rotatable bonds is 4. The molecule has 0 aliphatic heterocycles. The predicted octanol–water partition coefficient (Wildman–Crippen LogP) is 4.31. The molecule has 0 aliphatic rings. The third kappa shape index (κ3) is 2.98. The van der Waals surface area contributed by atoms with Gasteiger partial charge in [-0.05, 0) is 36.4 Å². The van der Waals surface area contributed by atoms with Gasteiger partial charge in [0.15, 0.2) is 5.69 Å². The van der Waals surface area contributed by atoms with E-state index in [0.29, 0.717) is 9.72 Å². The summed E-state index contributed by atoms with van der Waals surface area (Å²) in [5.41, 5.74) is 7.33. The highest BCUT2D eigenvalue weighted by Crippen LogP contribution is 2.42. The third-order valence-corrected chi connectivity index (χ3v) is 5.12. The molecule has 0 unspecified atom stereocenters. The molecule has 0 saturated carbocycles. The van der Waals surface area contributed by atoms with Crippen LogP contribution in [0.5, 0.6) is 0 Å². The molecule has 26 heavy (non-hydrogen) atoms. The van der Waals surface area contributed by atoms with Crippen LogP contribution in [0, 0.1) is 0 Å². The Labute approximate surface area is 157 Å². The topological polar surface area (TPSA) is 85.0 Å². The lowest BCUT2D eigenvalue weighted by molar-refractivity contribution is 0.0996. The van der Waals surface area contributed by atoms with Crippen molar-refractivity contribution in [1.82, 2.24) is 15.2 Å². The van der Waals surface area contributed by atoms with Gasteiger partial charge < -0.3 is 10.6 Å². The zero-order valence-electron chi connectivity index (χ0n) is 13.3. The van der Waals surface area contributed by atoms with Crippen LogP contribution in [0.15, 0.2) is 61.1 Å². The largest absolute Gasteiger partial charge is 0.364 e. The van der Waals surface area contributed by atoms with Gasteiger partial charge in [0.05, 0.1) is 22.8 Å². The molecule has 2 N–H and O–H groups in total. The van der Waals surface area contributed by atoms with Crippen LogP contribution in [-0.2, 0) is 0 Å². The lowest BCUT2D eigenvalue weighted by atomic mass is 10.2. The first-order chi connectivity index (χ1) is 12.6. The number of carbonyl (C=O) groups excluding carboxylic acids is 1. The van der Waals surface area contributed by atoms with Crippen LogP contribution >= 0.6 is 22.9 Å². The number of primary amides is 1. The van der Waals surface area contributed by atoms with Gasteiger partial charge in [0.2, 0.25) is 0 Å². The molecule has 4 aromatic rings. The Bertz CT molecular complexity index is 1100. The molecule has 128 valence electrons. The van der Waals surface area contributed by atoms with Crippen molar-refractivity contribution in [3.05, 3.63) is 71.8 Å². The molecule has 0 spiro atoms. The van der Waals surface area contributed by atoms with Gasteiger partial charge in [-0.2, -0.15) is 5.10 Å². The molecule has 4 rings (SSSR count). The van der Waals surface area contributed by atoms with Crippen LogP contribution in [0.25, 0.3) is 10.1 Å². The monoisotopic (exact) mass is 381 g/mol. The van der Waals surface area contributed by atoms with Gasteiger partial charge in [-0.25, -0.2) is 0 Å². The van der Waals surface area contributed by atoms with Crippen molar-refractivity contribution in [2.45, 2.75) is 0 Å². The minimum Gasteiger partial charge on any atom is -0.364 e. The third-order valence-electron chi connectivity index (χ3n) is 3.74. The van der Waals surface area contributed by atoms with Crippen molar-refractivity contribution in [3.8, 4) is 0 Å². The minimum absolute atomic E-state index is 0.163. The minimum atomic E-state index is -0.604. The first-order valence-electron chi connectivity index (χ1n) is 7.64. The normalized spacial score (nSPS) is 10.8.